The second kappa shape index (κ2) is 10.2. The number of aromatic amines is 1. The van der Waals surface area contributed by atoms with E-state index in [-0.39, 0.29) is 23.9 Å². The zero-order valence-corrected chi connectivity index (χ0v) is 16.7. The molecule has 0 atom stereocenters. The molecular formula is C21H22N3O3S+. The number of anilines is 1. The number of rotatable bonds is 7. The average molecular weight is 396 g/mol. The fourth-order valence-electron chi connectivity index (χ4n) is 2.24. The Hall–Kier alpha value is -3.24. The van der Waals surface area contributed by atoms with Gasteiger partial charge in [-0.1, -0.05) is 29.9 Å². The molecule has 0 saturated carbocycles. The van der Waals surface area contributed by atoms with E-state index in [0.717, 1.165) is 16.9 Å². The number of thiazole rings is 1. The largest absolute Gasteiger partial charge is 0.512 e. The van der Waals surface area contributed by atoms with Gasteiger partial charge in [-0.15, -0.1) is 5.92 Å². The summed E-state index contributed by atoms with van der Waals surface area (Å²) in [7, 11) is 0. The number of aliphatic hydroxyl groups is 1. The molecule has 2 aromatic rings. The summed E-state index contributed by atoms with van der Waals surface area (Å²) >= 11 is 1.15. The van der Waals surface area contributed by atoms with E-state index in [1.54, 1.807) is 31.5 Å². The topological polar surface area (TPSA) is 93.4 Å². The molecule has 2 aromatic heterocycles. The van der Waals surface area contributed by atoms with E-state index in [1.165, 1.54) is 6.08 Å². The first-order chi connectivity index (χ1) is 13.4. The van der Waals surface area contributed by atoms with Gasteiger partial charge in [0.15, 0.2) is 23.3 Å². The molecule has 144 valence electrons. The van der Waals surface area contributed by atoms with E-state index >= 15 is 0 Å². The van der Waals surface area contributed by atoms with Crippen LogP contribution in [0, 0.1) is 25.7 Å². The van der Waals surface area contributed by atoms with Crippen molar-refractivity contribution in [3.63, 3.8) is 0 Å². The lowest BCUT2D eigenvalue weighted by Gasteiger charge is -1.99. The van der Waals surface area contributed by atoms with Gasteiger partial charge in [0, 0.05) is 12.0 Å². The van der Waals surface area contributed by atoms with Gasteiger partial charge in [0.1, 0.15) is 5.56 Å². The predicted molar refractivity (Wildman–Crippen MR) is 109 cm³/mol. The molecule has 0 unspecified atom stereocenters. The predicted octanol–water partition coefficient (Wildman–Crippen LogP) is 3.81. The summed E-state index contributed by atoms with van der Waals surface area (Å²) < 4.78 is 0. The van der Waals surface area contributed by atoms with Gasteiger partial charge < -0.3 is 5.11 Å². The molecule has 0 spiro atoms. The SMILES string of the molecule is C=C(O)CC#CCC/C=C/C(=O)c1sc(NC(=O)c2c[nH+]cc(C)c2)nc1C. The van der Waals surface area contributed by atoms with E-state index in [9.17, 15) is 9.59 Å². The van der Waals surface area contributed by atoms with Gasteiger partial charge in [-0.25, -0.2) is 9.97 Å². The number of H-pyrrole nitrogens is 1. The van der Waals surface area contributed by atoms with Gasteiger partial charge in [-0.05, 0) is 32.4 Å². The first-order valence-corrected chi connectivity index (χ1v) is 9.48. The molecule has 0 fully saturated rings. The van der Waals surface area contributed by atoms with Crippen LogP contribution in [0.15, 0.2) is 43.0 Å². The van der Waals surface area contributed by atoms with Crippen LogP contribution in [-0.2, 0) is 0 Å². The minimum atomic E-state index is -0.285. The first kappa shape index (κ1) is 21.1. The standard InChI is InChI=1S/C21H21N3O3S/c1-14-11-17(13-22-12-14)20(27)24-21-23-16(3)19(28-21)18(26)10-8-6-4-5-7-9-15(2)25/h8,10-13,25H,2,4,6,9H2,1,3H3,(H,23,24,27)/p+1/b10-8+. The van der Waals surface area contributed by atoms with E-state index in [0.29, 0.717) is 34.1 Å². The molecule has 2 rings (SSSR count). The van der Waals surface area contributed by atoms with Crippen LogP contribution in [0.25, 0.3) is 0 Å². The number of amides is 1. The maximum absolute atomic E-state index is 12.3. The molecule has 0 aliphatic carbocycles. The summed E-state index contributed by atoms with van der Waals surface area (Å²) in [5.41, 5.74) is 2.01. The third kappa shape index (κ3) is 6.49. The van der Waals surface area contributed by atoms with E-state index in [1.807, 2.05) is 6.92 Å². The number of aromatic nitrogens is 2. The molecular weight excluding hydrogens is 374 g/mol. The van der Waals surface area contributed by atoms with Gasteiger partial charge in [-0.3, -0.25) is 14.9 Å². The van der Waals surface area contributed by atoms with E-state index in [2.05, 4.69) is 33.7 Å². The van der Waals surface area contributed by atoms with Crippen molar-refractivity contribution in [2.75, 3.05) is 5.32 Å². The second-order valence-electron chi connectivity index (χ2n) is 6.09. The van der Waals surface area contributed by atoms with Crippen LogP contribution in [0.3, 0.4) is 0 Å². The fraction of sp³-hybridized carbons (Fsp3) is 0.238. The zero-order chi connectivity index (χ0) is 20.5. The van der Waals surface area contributed by atoms with Gasteiger partial charge >= 0.3 is 0 Å². The van der Waals surface area contributed by atoms with Crippen molar-refractivity contribution in [2.45, 2.75) is 33.1 Å². The Morgan fingerprint density at radius 2 is 2.14 bits per heavy atom. The van der Waals surface area contributed by atoms with Gasteiger partial charge in [-0.2, -0.15) is 0 Å². The number of nitrogens with zero attached hydrogens (tertiary/aromatic N) is 1. The van der Waals surface area contributed by atoms with Crippen LogP contribution in [0.2, 0.25) is 0 Å². The van der Waals surface area contributed by atoms with Crippen LogP contribution in [0.5, 0.6) is 0 Å². The Morgan fingerprint density at radius 1 is 1.36 bits per heavy atom. The Kier molecular flexibility index (Phi) is 7.66. The van der Waals surface area contributed by atoms with Crippen molar-refractivity contribution in [3.8, 4) is 11.8 Å². The number of allylic oxidation sites excluding steroid dienone is 3. The third-order valence-corrected chi connectivity index (χ3v) is 4.65. The van der Waals surface area contributed by atoms with Gasteiger partial charge in [0.05, 0.1) is 22.8 Å². The average Bonchev–Trinajstić information content (AvgIpc) is 3.00. The molecule has 0 aliphatic heterocycles. The third-order valence-electron chi connectivity index (χ3n) is 3.56. The van der Waals surface area contributed by atoms with Gasteiger partial charge in [0.2, 0.25) is 0 Å². The quantitative estimate of drug-likeness (QED) is 0.245. The number of unbranched alkanes of at least 4 members (excludes halogenated alkanes) is 1. The number of carbonyl (C=O) groups excluding carboxylic acids is 2. The number of nitrogens with one attached hydrogen (secondary N) is 2. The summed E-state index contributed by atoms with van der Waals surface area (Å²) in [6, 6.07) is 1.76. The number of pyridine rings is 1. The molecule has 28 heavy (non-hydrogen) atoms. The Bertz CT molecular complexity index is 980. The van der Waals surface area contributed by atoms with Crippen molar-refractivity contribution < 1.29 is 19.7 Å². The Labute approximate surface area is 168 Å². The van der Waals surface area contributed by atoms with Crippen LogP contribution in [0.1, 0.15) is 50.5 Å². The smallest absolute Gasteiger partial charge is 0.263 e. The molecule has 0 aromatic carbocycles. The van der Waals surface area contributed by atoms with Crippen LogP contribution >= 0.6 is 11.3 Å². The summed E-state index contributed by atoms with van der Waals surface area (Å²) in [6.45, 7) is 6.98. The van der Waals surface area contributed by atoms with Crippen molar-refractivity contribution in [2.24, 2.45) is 0 Å². The van der Waals surface area contributed by atoms with Crippen LogP contribution in [-0.4, -0.2) is 21.8 Å². The van der Waals surface area contributed by atoms with Crippen LogP contribution in [0.4, 0.5) is 5.13 Å². The molecule has 1 amide bonds. The van der Waals surface area contributed by atoms with Crippen molar-refractivity contribution in [3.05, 3.63) is 64.6 Å². The highest BCUT2D eigenvalue weighted by molar-refractivity contribution is 7.18. The highest BCUT2D eigenvalue weighted by Gasteiger charge is 2.16. The molecule has 0 bridgehead atoms. The van der Waals surface area contributed by atoms with Crippen molar-refractivity contribution in [1.82, 2.24) is 4.98 Å². The minimum absolute atomic E-state index is 0.0438. The number of hydrogen-bond acceptors (Lipinski definition) is 5. The number of hydrogen-bond donors (Lipinski definition) is 2. The summed E-state index contributed by atoms with van der Waals surface area (Å²) in [5.74, 6) is 5.28. The van der Waals surface area contributed by atoms with Crippen LogP contribution < -0.4 is 10.3 Å². The lowest BCUT2D eigenvalue weighted by Crippen LogP contribution is -2.15. The monoisotopic (exact) mass is 396 g/mol. The second-order valence-corrected chi connectivity index (χ2v) is 7.09. The maximum Gasteiger partial charge on any atom is 0.263 e. The van der Waals surface area contributed by atoms with E-state index in [4.69, 9.17) is 5.11 Å². The Morgan fingerprint density at radius 3 is 2.86 bits per heavy atom. The summed E-state index contributed by atoms with van der Waals surface area (Å²) in [5, 5.41) is 12.0. The maximum atomic E-state index is 12.3. The zero-order valence-electron chi connectivity index (χ0n) is 15.8. The van der Waals surface area contributed by atoms with E-state index < -0.39 is 0 Å². The fourth-order valence-corrected chi connectivity index (χ4v) is 3.13. The van der Waals surface area contributed by atoms with Crippen molar-refractivity contribution in [1.29, 1.82) is 0 Å². The van der Waals surface area contributed by atoms with Gasteiger partial charge in [0.25, 0.3) is 5.91 Å². The molecule has 0 radical (unpaired) electrons. The summed E-state index contributed by atoms with van der Waals surface area (Å²) in [4.78, 5) is 32.3. The normalized spacial score (nSPS) is 10.4. The molecule has 6 nitrogen and oxygen atoms in total. The number of ketones is 1. The number of aryl methyl sites for hydroxylation is 2. The summed E-state index contributed by atoms with van der Waals surface area (Å²) in [6.07, 6.45) is 8.13. The minimum Gasteiger partial charge on any atom is -0.512 e. The molecule has 0 saturated heterocycles. The highest BCUT2D eigenvalue weighted by Crippen LogP contribution is 2.24. The lowest BCUT2D eigenvalue weighted by molar-refractivity contribution is -0.378. The first-order valence-electron chi connectivity index (χ1n) is 8.66. The number of carbonyl (C=O) groups is 2. The number of aliphatic hydroxyl groups excluding tert-OH is 1. The Balaban J connectivity index is 1.94. The molecule has 3 N–H and O–H groups in total. The lowest BCUT2D eigenvalue weighted by atomic mass is 10.2. The molecule has 2 heterocycles. The molecule has 0 aliphatic rings. The molecule has 7 heteroatoms. The highest BCUT2D eigenvalue weighted by atomic mass is 32.1. The van der Waals surface area contributed by atoms with Crippen molar-refractivity contribution >= 4 is 28.2 Å².